The van der Waals surface area contributed by atoms with Gasteiger partial charge in [-0.15, -0.1) is 0 Å². The number of H-pyrrole nitrogens is 1. The zero-order valence-electron chi connectivity index (χ0n) is 21.7. The van der Waals surface area contributed by atoms with Gasteiger partial charge in [0, 0.05) is 40.0 Å². The molecule has 1 amide bonds. The first-order chi connectivity index (χ1) is 16.7. The summed E-state index contributed by atoms with van der Waals surface area (Å²) in [5, 5.41) is 5.83. The number of amides is 1. The lowest BCUT2D eigenvalue weighted by atomic mass is 9.97. The number of hydrogen-bond donors (Lipinski definition) is 2. The summed E-state index contributed by atoms with van der Waals surface area (Å²) in [6, 6.07) is 10.2. The Balaban J connectivity index is 1.79. The van der Waals surface area contributed by atoms with E-state index >= 15 is 0 Å². The summed E-state index contributed by atoms with van der Waals surface area (Å²) in [7, 11) is -2.12. The van der Waals surface area contributed by atoms with Crippen LogP contribution in [0.4, 0.5) is 0 Å². The summed E-state index contributed by atoms with van der Waals surface area (Å²) in [5.74, 6) is 0.757. The number of nitrogens with zero attached hydrogens (tertiary/aromatic N) is 1. The van der Waals surface area contributed by atoms with E-state index in [0.29, 0.717) is 28.8 Å². The topological polar surface area (TPSA) is 76.2 Å². The van der Waals surface area contributed by atoms with Crippen molar-refractivity contribution in [2.75, 3.05) is 6.61 Å². The molecule has 0 saturated heterocycles. The van der Waals surface area contributed by atoms with Gasteiger partial charge in [-0.25, -0.2) is 0 Å². The van der Waals surface area contributed by atoms with E-state index in [2.05, 4.69) is 70.0 Å². The van der Waals surface area contributed by atoms with Crippen molar-refractivity contribution in [3.63, 3.8) is 0 Å². The molecule has 1 aliphatic rings. The van der Waals surface area contributed by atoms with Gasteiger partial charge in [0.2, 0.25) is 0 Å². The normalized spacial score (nSPS) is 16.3. The van der Waals surface area contributed by atoms with Crippen LogP contribution in [0.15, 0.2) is 36.5 Å². The highest BCUT2D eigenvalue weighted by Gasteiger charge is 2.47. The van der Waals surface area contributed by atoms with Crippen LogP contribution in [0.2, 0.25) is 16.6 Å². The highest BCUT2D eigenvalue weighted by Crippen LogP contribution is 2.45. The molecule has 1 atom stereocenters. The average Bonchev–Trinajstić information content (AvgIpc) is 3.34. The number of rotatable bonds is 7. The number of pyridine rings is 1. The Bertz CT molecular complexity index is 1420. The second-order valence-electron chi connectivity index (χ2n) is 10.5. The van der Waals surface area contributed by atoms with Crippen molar-refractivity contribution in [3.05, 3.63) is 47.7 Å². The lowest BCUT2D eigenvalue weighted by Gasteiger charge is -2.42. The fourth-order valence-corrected chi connectivity index (χ4v) is 11.6. The zero-order valence-corrected chi connectivity index (χ0v) is 22.7. The minimum atomic E-state index is -2.12. The first kappa shape index (κ1) is 23.8. The van der Waals surface area contributed by atoms with Crippen molar-refractivity contribution < 1.29 is 14.0 Å². The van der Waals surface area contributed by atoms with Gasteiger partial charge in [0.15, 0.2) is 6.23 Å². The van der Waals surface area contributed by atoms with Crippen LogP contribution in [-0.4, -0.2) is 30.8 Å². The SMILES string of the molecule is CCOC1NC(=O)c2c1c1cccnc1c1[nH]c3ccc(O[Si](C(C)C)(C(C)C)C(C)C)cc3c21. The van der Waals surface area contributed by atoms with Crippen molar-refractivity contribution in [2.45, 2.75) is 71.3 Å². The quantitative estimate of drug-likeness (QED) is 0.269. The van der Waals surface area contributed by atoms with Crippen LogP contribution in [0.1, 0.15) is 70.6 Å². The first-order valence-electron chi connectivity index (χ1n) is 12.7. The molecule has 0 aliphatic carbocycles. The molecule has 3 heterocycles. The van der Waals surface area contributed by atoms with Crippen molar-refractivity contribution >= 4 is 46.9 Å². The van der Waals surface area contributed by atoms with Gasteiger partial charge in [-0.2, -0.15) is 0 Å². The molecule has 2 N–H and O–H groups in total. The van der Waals surface area contributed by atoms with Crippen LogP contribution in [0, 0.1) is 0 Å². The molecule has 0 radical (unpaired) electrons. The molecule has 6 nitrogen and oxygen atoms in total. The largest absolute Gasteiger partial charge is 0.543 e. The van der Waals surface area contributed by atoms with Crippen LogP contribution in [0.25, 0.3) is 32.7 Å². The van der Waals surface area contributed by atoms with Gasteiger partial charge in [-0.1, -0.05) is 47.6 Å². The molecule has 0 spiro atoms. The summed E-state index contributed by atoms with van der Waals surface area (Å²) < 4.78 is 12.9. The third-order valence-electron chi connectivity index (χ3n) is 7.71. The average molecular weight is 490 g/mol. The smallest absolute Gasteiger partial charge is 0.258 e. The fraction of sp³-hybridized carbons (Fsp3) is 0.429. The molecule has 0 saturated carbocycles. The van der Waals surface area contributed by atoms with Gasteiger partial charge in [0.1, 0.15) is 5.75 Å². The number of aromatic amines is 1. The van der Waals surface area contributed by atoms with E-state index in [-0.39, 0.29) is 5.91 Å². The molecule has 0 fully saturated rings. The van der Waals surface area contributed by atoms with E-state index in [9.17, 15) is 4.79 Å². The van der Waals surface area contributed by atoms with E-state index in [1.807, 2.05) is 19.1 Å². The Hall–Kier alpha value is -2.90. The Morgan fingerprint density at radius 3 is 2.40 bits per heavy atom. The lowest BCUT2D eigenvalue weighted by molar-refractivity contribution is 0.0425. The van der Waals surface area contributed by atoms with Gasteiger partial charge in [-0.3, -0.25) is 9.78 Å². The van der Waals surface area contributed by atoms with Gasteiger partial charge < -0.3 is 19.5 Å². The minimum absolute atomic E-state index is 0.114. The molecule has 2 aromatic heterocycles. The maximum absolute atomic E-state index is 13.3. The van der Waals surface area contributed by atoms with Crippen molar-refractivity contribution in [1.82, 2.24) is 15.3 Å². The molecule has 2 aromatic carbocycles. The highest BCUT2D eigenvalue weighted by atomic mass is 28.4. The molecule has 7 heteroatoms. The molecule has 1 aliphatic heterocycles. The Morgan fingerprint density at radius 1 is 1.03 bits per heavy atom. The number of fused-ring (bicyclic) bond motifs is 8. The second-order valence-corrected chi connectivity index (χ2v) is 15.9. The summed E-state index contributed by atoms with van der Waals surface area (Å²) in [4.78, 5) is 21.5. The summed E-state index contributed by atoms with van der Waals surface area (Å²) in [5.41, 5.74) is 5.63. The number of carbonyl (C=O) groups excluding carboxylic acids is 1. The predicted octanol–water partition coefficient (Wildman–Crippen LogP) is 7.20. The highest BCUT2D eigenvalue weighted by molar-refractivity contribution is 6.78. The number of carbonyl (C=O) groups is 1. The molecule has 35 heavy (non-hydrogen) atoms. The number of ether oxygens (including phenoxy) is 1. The number of benzene rings is 2. The van der Waals surface area contributed by atoms with Crippen LogP contribution >= 0.6 is 0 Å². The van der Waals surface area contributed by atoms with E-state index in [4.69, 9.17) is 14.1 Å². The van der Waals surface area contributed by atoms with Gasteiger partial charge in [-0.05, 0) is 47.8 Å². The summed E-state index contributed by atoms with van der Waals surface area (Å²) in [6.45, 7) is 16.2. The molecular formula is C28H35N3O3Si. The molecule has 184 valence electrons. The third kappa shape index (κ3) is 3.47. The minimum Gasteiger partial charge on any atom is -0.543 e. The van der Waals surface area contributed by atoms with E-state index in [1.54, 1.807) is 6.20 Å². The van der Waals surface area contributed by atoms with Crippen LogP contribution < -0.4 is 9.74 Å². The lowest BCUT2D eigenvalue weighted by Crippen LogP contribution is -2.50. The second kappa shape index (κ2) is 8.64. The maximum atomic E-state index is 13.3. The fourth-order valence-electron chi connectivity index (χ4n) is 6.38. The molecule has 5 rings (SSSR count). The Morgan fingerprint density at radius 2 is 1.74 bits per heavy atom. The molecule has 1 unspecified atom stereocenters. The zero-order chi connectivity index (χ0) is 25.1. The first-order valence-corrected chi connectivity index (χ1v) is 14.8. The Labute approximate surface area is 207 Å². The van der Waals surface area contributed by atoms with E-state index in [1.165, 1.54) is 0 Å². The van der Waals surface area contributed by atoms with Crippen molar-refractivity contribution in [1.29, 1.82) is 0 Å². The van der Waals surface area contributed by atoms with Gasteiger partial charge in [0.25, 0.3) is 14.2 Å². The maximum Gasteiger partial charge on any atom is 0.258 e. The predicted molar refractivity (Wildman–Crippen MR) is 145 cm³/mol. The summed E-state index contributed by atoms with van der Waals surface area (Å²) in [6.07, 6.45) is 1.31. The Kier molecular flexibility index (Phi) is 5.88. The van der Waals surface area contributed by atoms with Crippen molar-refractivity contribution in [2.24, 2.45) is 0 Å². The van der Waals surface area contributed by atoms with E-state index < -0.39 is 14.5 Å². The number of nitrogens with one attached hydrogen (secondary N) is 2. The van der Waals surface area contributed by atoms with E-state index in [0.717, 1.165) is 44.0 Å². The molecule has 0 bridgehead atoms. The third-order valence-corrected chi connectivity index (χ3v) is 13.7. The number of hydrogen-bond acceptors (Lipinski definition) is 4. The van der Waals surface area contributed by atoms with Gasteiger partial charge in [0.05, 0.1) is 16.6 Å². The van der Waals surface area contributed by atoms with Crippen LogP contribution in [-0.2, 0) is 4.74 Å². The number of aromatic nitrogens is 2. The molecular weight excluding hydrogens is 454 g/mol. The monoisotopic (exact) mass is 489 g/mol. The van der Waals surface area contributed by atoms with Crippen LogP contribution in [0.5, 0.6) is 5.75 Å². The standard InChI is InChI=1S/C28H35N3O3Si/c1-8-33-28-23-19-10-9-13-29-25(19)26-22(24(23)27(32)31-28)20-14-18(11-12-21(20)30-26)34-35(15(2)3,16(4)5)17(6)7/h9-17,28,30H,8H2,1-7H3,(H,31,32). The van der Waals surface area contributed by atoms with Gasteiger partial charge >= 0.3 is 0 Å². The van der Waals surface area contributed by atoms with Crippen LogP contribution in [0.3, 0.4) is 0 Å². The van der Waals surface area contributed by atoms with Crippen molar-refractivity contribution in [3.8, 4) is 5.75 Å². The molecule has 4 aromatic rings. The summed E-state index contributed by atoms with van der Waals surface area (Å²) >= 11 is 0.